The van der Waals surface area contributed by atoms with Crippen LogP contribution in [0.15, 0.2) is 42.9 Å². The molecule has 1 aliphatic heterocycles. The number of likely N-dealkylation sites (N-methyl/N-ethyl adjacent to an activating group) is 1. The van der Waals surface area contributed by atoms with Crippen molar-refractivity contribution < 1.29 is 4.79 Å². The molecule has 0 spiro atoms. The van der Waals surface area contributed by atoms with E-state index >= 15 is 0 Å². The third-order valence-corrected chi connectivity index (χ3v) is 5.32. The highest BCUT2D eigenvalue weighted by Crippen LogP contribution is 2.23. The van der Waals surface area contributed by atoms with Gasteiger partial charge in [-0.1, -0.05) is 30.3 Å². The predicted octanol–water partition coefficient (Wildman–Crippen LogP) is 1.33. The van der Waals surface area contributed by atoms with Crippen molar-refractivity contribution in [2.75, 3.05) is 44.7 Å². The molecule has 1 N–H and O–H groups in total. The van der Waals surface area contributed by atoms with Crippen LogP contribution < -0.4 is 10.2 Å². The van der Waals surface area contributed by atoms with Crippen molar-refractivity contribution in [3.63, 3.8) is 0 Å². The van der Waals surface area contributed by atoms with E-state index in [1.165, 1.54) is 5.56 Å². The van der Waals surface area contributed by atoms with Crippen molar-refractivity contribution in [1.29, 1.82) is 0 Å². The maximum absolute atomic E-state index is 12.4. The lowest BCUT2D eigenvalue weighted by atomic mass is 10.1. The monoisotopic (exact) mass is 393 g/mol. The van der Waals surface area contributed by atoms with E-state index in [4.69, 9.17) is 0 Å². The van der Waals surface area contributed by atoms with Gasteiger partial charge < -0.3 is 15.1 Å². The fourth-order valence-corrected chi connectivity index (χ4v) is 3.62. The number of amides is 1. The van der Waals surface area contributed by atoms with Crippen molar-refractivity contribution in [3.8, 4) is 0 Å². The smallest absolute Gasteiger partial charge is 0.241 e. The number of benzene rings is 1. The van der Waals surface area contributed by atoms with Crippen LogP contribution in [0.4, 0.5) is 5.82 Å². The van der Waals surface area contributed by atoms with Gasteiger partial charge in [0.1, 0.15) is 18.7 Å². The molecule has 1 fully saturated rings. The van der Waals surface area contributed by atoms with Crippen molar-refractivity contribution in [3.05, 3.63) is 48.4 Å². The molecule has 3 aromatic rings. The molecular formula is C21H27N7O. The lowest BCUT2D eigenvalue weighted by Crippen LogP contribution is -2.44. The van der Waals surface area contributed by atoms with Gasteiger partial charge in [0, 0.05) is 32.7 Å². The van der Waals surface area contributed by atoms with E-state index < -0.39 is 0 Å². The van der Waals surface area contributed by atoms with Crippen LogP contribution in [0.5, 0.6) is 0 Å². The van der Waals surface area contributed by atoms with Gasteiger partial charge in [-0.15, -0.1) is 0 Å². The lowest BCUT2D eigenvalue weighted by molar-refractivity contribution is -0.121. The average Bonchev–Trinajstić information content (AvgIpc) is 3.15. The molecule has 0 bridgehead atoms. The number of aromatic nitrogens is 4. The van der Waals surface area contributed by atoms with E-state index in [2.05, 4.69) is 49.4 Å². The molecule has 0 unspecified atom stereocenters. The van der Waals surface area contributed by atoms with E-state index in [0.717, 1.165) is 50.2 Å². The molecule has 1 aliphatic rings. The number of carbonyl (C=O) groups excluding carboxylic acids is 1. The minimum Gasteiger partial charge on any atom is -0.354 e. The Morgan fingerprint density at radius 2 is 1.90 bits per heavy atom. The van der Waals surface area contributed by atoms with Gasteiger partial charge >= 0.3 is 0 Å². The summed E-state index contributed by atoms with van der Waals surface area (Å²) >= 11 is 0. The highest BCUT2D eigenvalue weighted by molar-refractivity contribution is 5.87. The number of fused-ring (bicyclic) bond motifs is 1. The van der Waals surface area contributed by atoms with E-state index in [1.54, 1.807) is 17.2 Å². The van der Waals surface area contributed by atoms with Gasteiger partial charge in [0.15, 0.2) is 5.65 Å². The van der Waals surface area contributed by atoms with Crippen molar-refractivity contribution in [2.45, 2.75) is 19.4 Å². The highest BCUT2D eigenvalue weighted by atomic mass is 16.2. The molecule has 0 atom stereocenters. The highest BCUT2D eigenvalue weighted by Gasteiger charge is 2.20. The normalized spacial score (nSPS) is 15.0. The summed E-state index contributed by atoms with van der Waals surface area (Å²) in [6, 6.07) is 10.3. The number of aryl methyl sites for hydroxylation is 1. The Morgan fingerprint density at radius 1 is 1.10 bits per heavy atom. The van der Waals surface area contributed by atoms with Gasteiger partial charge in [-0.25, -0.2) is 14.6 Å². The first-order valence-corrected chi connectivity index (χ1v) is 10.1. The third-order valence-electron chi connectivity index (χ3n) is 5.32. The fourth-order valence-electron chi connectivity index (χ4n) is 3.62. The summed E-state index contributed by atoms with van der Waals surface area (Å²) in [5, 5.41) is 8.27. The zero-order valence-electron chi connectivity index (χ0n) is 16.8. The van der Waals surface area contributed by atoms with Gasteiger partial charge in [-0.2, -0.15) is 5.10 Å². The van der Waals surface area contributed by atoms with Crippen LogP contribution in [0.1, 0.15) is 12.0 Å². The second kappa shape index (κ2) is 9.00. The van der Waals surface area contributed by atoms with Crippen molar-refractivity contribution in [2.24, 2.45) is 0 Å². The molecule has 8 nitrogen and oxygen atoms in total. The van der Waals surface area contributed by atoms with Crippen LogP contribution in [-0.2, 0) is 17.8 Å². The SMILES string of the molecule is CN1CCN(c2ncnc3c2cnn3CC(=O)NCCCc2ccccc2)CC1. The summed E-state index contributed by atoms with van der Waals surface area (Å²) in [5.74, 6) is 0.848. The zero-order chi connectivity index (χ0) is 20.1. The van der Waals surface area contributed by atoms with E-state index in [0.29, 0.717) is 12.2 Å². The molecule has 3 heterocycles. The number of anilines is 1. The van der Waals surface area contributed by atoms with Crippen LogP contribution in [0.2, 0.25) is 0 Å². The molecule has 1 amide bonds. The molecule has 8 heteroatoms. The Kier molecular flexibility index (Phi) is 6.00. The number of hydrogen-bond acceptors (Lipinski definition) is 6. The van der Waals surface area contributed by atoms with E-state index in [1.807, 2.05) is 18.2 Å². The second-order valence-corrected chi connectivity index (χ2v) is 7.47. The fraction of sp³-hybridized carbons (Fsp3) is 0.429. The van der Waals surface area contributed by atoms with Crippen molar-refractivity contribution in [1.82, 2.24) is 30.0 Å². The largest absolute Gasteiger partial charge is 0.354 e. The Hall–Kier alpha value is -3.00. The number of nitrogens with zero attached hydrogens (tertiary/aromatic N) is 6. The average molecular weight is 393 g/mol. The zero-order valence-corrected chi connectivity index (χ0v) is 16.8. The summed E-state index contributed by atoms with van der Waals surface area (Å²) < 4.78 is 1.66. The number of hydrogen-bond donors (Lipinski definition) is 1. The number of rotatable bonds is 7. The molecule has 0 aliphatic carbocycles. The van der Waals surface area contributed by atoms with Gasteiger partial charge in [0.2, 0.25) is 5.91 Å². The van der Waals surface area contributed by atoms with E-state index in [-0.39, 0.29) is 12.5 Å². The van der Waals surface area contributed by atoms with Gasteiger partial charge in [-0.3, -0.25) is 4.79 Å². The Labute approximate surface area is 170 Å². The number of piperazine rings is 1. The second-order valence-electron chi connectivity index (χ2n) is 7.47. The quantitative estimate of drug-likeness (QED) is 0.610. The van der Waals surface area contributed by atoms with E-state index in [9.17, 15) is 4.79 Å². The molecule has 1 saturated heterocycles. The molecule has 4 rings (SSSR count). The first kappa shape index (κ1) is 19.3. The molecule has 152 valence electrons. The summed E-state index contributed by atoms with van der Waals surface area (Å²) in [5.41, 5.74) is 1.99. The first-order valence-electron chi connectivity index (χ1n) is 10.1. The van der Waals surface area contributed by atoms with Crippen LogP contribution in [0.3, 0.4) is 0 Å². The predicted molar refractivity (Wildman–Crippen MR) is 113 cm³/mol. The Bertz CT molecular complexity index is 948. The number of nitrogens with one attached hydrogen (secondary N) is 1. The summed E-state index contributed by atoms with van der Waals surface area (Å²) in [7, 11) is 2.13. The standard InChI is InChI=1S/C21H27N7O/c1-26-10-12-27(13-11-26)20-18-14-25-28(21(18)24-16-23-20)15-19(29)22-9-5-8-17-6-3-2-4-7-17/h2-4,6-7,14,16H,5,8-13,15H2,1H3,(H,22,29). The van der Waals surface area contributed by atoms with Gasteiger partial charge in [0.05, 0.1) is 11.6 Å². The molecule has 1 aromatic carbocycles. The number of carbonyl (C=O) groups is 1. The minimum atomic E-state index is -0.0529. The molecular weight excluding hydrogens is 366 g/mol. The Balaban J connectivity index is 1.34. The van der Waals surface area contributed by atoms with Crippen LogP contribution in [0.25, 0.3) is 11.0 Å². The minimum absolute atomic E-state index is 0.0529. The lowest BCUT2D eigenvalue weighted by Gasteiger charge is -2.33. The maximum atomic E-state index is 12.4. The summed E-state index contributed by atoms with van der Waals surface area (Å²) in [4.78, 5) is 25.8. The summed E-state index contributed by atoms with van der Waals surface area (Å²) in [6.07, 6.45) is 5.19. The van der Waals surface area contributed by atoms with Crippen molar-refractivity contribution >= 4 is 22.8 Å². The molecule has 29 heavy (non-hydrogen) atoms. The van der Waals surface area contributed by atoms with Gasteiger partial charge in [0.25, 0.3) is 0 Å². The first-order chi connectivity index (χ1) is 14.2. The van der Waals surface area contributed by atoms with Crippen LogP contribution in [0, 0.1) is 0 Å². The maximum Gasteiger partial charge on any atom is 0.241 e. The topological polar surface area (TPSA) is 79.2 Å². The van der Waals surface area contributed by atoms with Gasteiger partial charge in [-0.05, 0) is 25.5 Å². The summed E-state index contributed by atoms with van der Waals surface area (Å²) in [6.45, 7) is 4.67. The Morgan fingerprint density at radius 3 is 2.69 bits per heavy atom. The van der Waals surface area contributed by atoms with Crippen LogP contribution >= 0.6 is 0 Å². The third kappa shape index (κ3) is 4.71. The van der Waals surface area contributed by atoms with Crippen LogP contribution in [-0.4, -0.2) is 70.3 Å². The molecule has 0 radical (unpaired) electrons. The molecule has 0 saturated carbocycles. The molecule has 2 aromatic heterocycles.